The zero-order valence-corrected chi connectivity index (χ0v) is 10.8. The third-order valence-electron chi connectivity index (χ3n) is 3.14. The van der Waals surface area contributed by atoms with Gasteiger partial charge in [0.15, 0.2) is 0 Å². The minimum absolute atomic E-state index is 0.144. The number of hydrogen-bond donors (Lipinski definition) is 1. The van der Waals surface area contributed by atoms with Crippen LogP contribution in [0.2, 0.25) is 0 Å². The van der Waals surface area contributed by atoms with Crippen molar-refractivity contribution in [1.29, 1.82) is 0 Å². The minimum atomic E-state index is -0.144. The minimum Gasteiger partial charge on any atom is -0.377 e. The predicted molar refractivity (Wildman–Crippen MR) is 69.4 cm³/mol. The van der Waals surface area contributed by atoms with Crippen LogP contribution in [0.3, 0.4) is 0 Å². The summed E-state index contributed by atoms with van der Waals surface area (Å²) in [7, 11) is 0. The first kappa shape index (κ1) is 12.9. The fourth-order valence-electron chi connectivity index (χ4n) is 2.03. The van der Waals surface area contributed by atoms with Gasteiger partial charge in [0.1, 0.15) is 5.82 Å². The van der Waals surface area contributed by atoms with E-state index in [0.29, 0.717) is 16.6 Å². The number of thioether (sulfide) groups is 1. The van der Waals surface area contributed by atoms with E-state index in [2.05, 4.69) is 6.92 Å². The maximum atomic E-state index is 13.9. The Morgan fingerprint density at radius 1 is 1.47 bits per heavy atom. The van der Waals surface area contributed by atoms with E-state index < -0.39 is 0 Å². The Balaban J connectivity index is 1.99. The van der Waals surface area contributed by atoms with Crippen molar-refractivity contribution < 1.29 is 9.13 Å². The molecule has 2 unspecified atom stereocenters. The number of rotatable bonds is 4. The Labute approximate surface area is 106 Å². The molecule has 4 heteroatoms. The van der Waals surface area contributed by atoms with E-state index in [1.54, 1.807) is 17.8 Å². The van der Waals surface area contributed by atoms with Crippen molar-refractivity contribution in [1.82, 2.24) is 0 Å². The summed E-state index contributed by atoms with van der Waals surface area (Å²) in [5.41, 5.74) is 6.84. The van der Waals surface area contributed by atoms with Crippen LogP contribution in [-0.4, -0.2) is 18.0 Å². The molecule has 1 aromatic rings. The molecule has 2 atom stereocenters. The van der Waals surface area contributed by atoms with Gasteiger partial charge < -0.3 is 10.5 Å². The average molecular weight is 255 g/mol. The van der Waals surface area contributed by atoms with Crippen LogP contribution >= 0.6 is 11.8 Å². The summed E-state index contributed by atoms with van der Waals surface area (Å²) >= 11 is 1.77. The molecule has 0 amide bonds. The molecule has 2 rings (SSSR count). The van der Waals surface area contributed by atoms with Gasteiger partial charge in [-0.1, -0.05) is 18.2 Å². The molecule has 17 heavy (non-hydrogen) atoms. The number of ether oxygens (including phenoxy) is 1. The van der Waals surface area contributed by atoms with Crippen molar-refractivity contribution in [2.45, 2.75) is 37.0 Å². The zero-order chi connectivity index (χ0) is 12.3. The van der Waals surface area contributed by atoms with E-state index >= 15 is 0 Å². The highest BCUT2D eigenvalue weighted by Gasteiger charge is 2.24. The molecule has 0 aromatic heterocycles. The molecule has 94 valence electrons. The summed E-state index contributed by atoms with van der Waals surface area (Å²) < 4.78 is 19.4. The van der Waals surface area contributed by atoms with Crippen LogP contribution in [0.25, 0.3) is 0 Å². The lowest BCUT2D eigenvalue weighted by atomic mass is 10.1. The second-order valence-electron chi connectivity index (χ2n) is 4.31. The van der Waals surface area contributed by atoms with Crippen molar-refractivity contribution in [2.75, 3.05) is 6.61 Å². The number of benzene rings is 1. The Bertz CT molecular complexity index is 386. The third kappa shape index (κ3) is 3.00. The van der Waals surface area contributed by atoms with Gasteiger partial charge in [-0.25, -0.2) is 4.39 Å². The lowest BCUT2D eigenvalue weighted by Crippen LogP contribution is -2.13. The molecular formula is C13H18FNOS. The van der Waals surface area contributed by atoms with Gasteiger partial charge in [-0.05, 0) is 18.9 Å². The second-order valence-corrected chi connectivity index (χ2v) is 5.54. The summed E-state index contributed by atoms with van der Waals surface area (Å²) in [5, 5.41) is 0.482. The van der Waals surface area contributed by atoms with Crippen molar-refractivity contribution in [3.63, 3.8) is 0 Å². The molecule has 0 radical (unpaired) electrons. The number of halogens is 1. The summed E-state index contributed by atoms with van der Waals surface area (Å²) in [6.45, 7) is 3.16. The third-order valence-corrected chi connectivity index (χ3v) is 4.66. The van der Waals surface area contributed by atoms with Crippen LogP contribution in [-0.2, 0) is 17.0 Å². The van der Waals surface area contributed by atoms with Crippen LogP contribution in [0, 0.1) is 5.82 Å². The number of hydrogen-bond acceptors (Lipinski definition) is 3. The van der Waals surface area contributed by atoms with Crippen LogP contribution < -0.4 is 5.73 Å². The smallest absolute Gasteiger partial charge is 0.131 e. The van der Waals surface area contributed by atoms with Gasteiger partial charge in [0.2, 0.25) is 0 Å². The Morgan fingerprint density at radius 2 is 2.24 bits per heavy atom. The SMILES string of the molecule is CC1OCCC1SCc1cccc(CN)c1F. The van der Waals surface area contributed by atoms with Crippen molar-refractivity contribution in [3.05, 3.63) is 35.1 Å². The summed E-state index contributed by atoms with van der Waals surface area (Å²) in [4.78, 5) is 0. The van der Waals surface area contributed by atoms with Gasteiger partial charge in [-0.2, -0.15) is 11.8 Å². The Hall–Kier alpha value is -0.580. The largest absolute Gasteiger partial charge is 0.377 e. The van der Waals surface area contributed by atoms with Crippen molar-refractivity contribution >= 4 is 11.8 Å². The van der Waals surface area contributed by atoms with E-state index in [0.717, 1.165) is 18.6 Å². The molecular weight excluding hydrogens is 237 g/mol. The molecule has 1 saturated heterocycles. The average Bonchev–Trinajstić information content (AvgIpc) is 2.74. The maximum Gasteiger partial charge on any atom is 0.131 e. The lowest BCUT2D eigenvalue weighted by molar-refractivity contribution is 0.127. The summed E-state index contributed by atoms with van der Waals surface area (Å²) in [5.74, 6) is 0.548. The Kier molecular flexibility index (Phi) is 4.42. The second kappa shape index (κ2) is 5.85. The van der Waals surface area contributed by atoms with Crippen LogP contribution in [0.5, 0.6) is 0 Å². The zero-order valence-electron chi connectivity index (χ0n) is 9.99. The van der Waals surface area contributed by atoms with E-state index in [1.807, 2.05) is 12.1 Å². The molecule has 1 aromatic carbocycles. The van der Waals surface area contributed by atoms with Crippen molar-refractivity contribution in [3.8, 4) is 0 Å². The molecule has 0 spiro atoms. The van der Waals surface area contributed by atoms with E-state index in [1.165, 1.54) is 0 Å². The first-order valence-electron chi connectivity index (χ1n) is 5.92. The van der Waals surface area contributed by atoms with E-state index in [4.69, 9.17) is 10.5 Å². The molecule has 2 N–H and O–H groups in total. The highest BCUT2D eigenvalue weighted by atomic mass is 32.2. The highest BCUT2D eigenvalue weighted by molar-refractivity contribution is 7.99. The first-order valence-corrected chi connectivity index (χ1v) is 6.96. The topological polar surface area (TPSA) is 35.2 Å². The summed E-state index contributed by atoms with van der Waals surface area (Å²) in [6.07, 6.45) is 1.34. The molecule has 1 fully saturated rings. The van der Waals surface area contributed by atoms with E-state index in [9.17, 15) is 4.39 Å². The first-order chi connectivity index (χ1) is 8.22. The van der Waals surface area contributed by atoms with Gasteiger partial charge >= 0.3 is 0 Å². The monoisotopic (exact) mass is 255 g/mol. The van der Waals surface area contributed by atoms with Crippen LogP contribution in [0.4, 0.5) is 4.39 Å². The van der Waals surface area contributed by atoms with Crippen LogP contribution in [0.15, 0.2) is 18.2 Å². The fraction of sp³-hybridized carbons (Fsp3) is 0.538. The van der Waals surface area contributed by atoms with Gasteiger partial charge in [0.25, 0.3) is 0 Å². The van der Waals surface area contributed by atoms with Crippen LogP contribution in [0.1, 0.15) is 24.5 Å². The lowest BCUT2D eigenvalue weighted by Gasteiger charge is -2.14. The maximum absolute atomic E-state index is 13.9. The molecule has 2 nitrogen and oxygen atoms in total. The normalized spacial score (nSPS) is 24.2. The number of nitrogens with two attached hydrogens (primary N) is 1. The predicted octanol–water partition coefficient (Wildman–Crippen LogP) is 2.70. The molecule has 1 aliphatic heterocycles. The van der Waals surface area contributed by atoms with Gasteiger partial charge in [0, 0.05) is 29.7 Å². The van der Waals surface area contributed by atoms with Gasteiger partial charge in [-0.15, -0.1) is 0 Å². The standard InChI is InChI=1S/C13H18FNOS/c1-9-12(5-6-16-9)17-8-11-4-2-3-10(7-15)13(11)14/h2-4,9,12H,5-8,15H2,1H3. The Morgan fingerprint density at radius 3 is 2.88 bits per heavy atom. The molecule has 1 heterocycles. The molecule has 0 saturated carbocycles. The highest BCUT2D eigenvalue weighted by Crippen LogP contribution is 2.30. The van der Waals surface area contributed by atoms with Crippen molar-refractivity contribution in [2.24, 2.45) is 5.73 Å². The van der Waals surface area contributed by atoms with Gasteiger partial charge in [-0.3, -0.25) is 0 Å². The van der Waals surface area contributed by atoms with Gasteiger partial charge in [0.05, 0.1) is 6.10 Å². The van der Waals surface area contributed by atoms with E-state index in [-0.39, 0.29) is 18.5 Å². The molecule has 1 aliphatic rings. The fourth-order valence-corrected chi connectivity index (χ4v) is 3.26. The molecule has 0 bridgehead atoms. The quantitative estimate of drug-likeness (QED) is 0.898. The summed E-state index contributed by atoms with van der Waals surface area (Å²) in [6, 6.07) is 5.45. The molecule has 0 aliphatic carbocycles.